The molecule has 0 bridgehead atoms. The van der Waals surface area contributed by atoms with Crippen LogP contribution in [0, 0.1) is 10.1 Å². The van der Waals surface area contributed by atoms with Gasteiger partial charge in [-0.3, -0.25) is 34.2 Å². The van der Waals surface area contributed by atoms with Gasteiger partial charge in [0.05, 0.1) is 11.5 Å². The average molecular weight is 417 g/mol. The minimum Gasteiger partial charge on any atom is -0.383 e. The Kier molecular flexibility index (Phi) is 7.64. The number of nitrogens with zero attached hydrogens (tertiary/aromatic N) is 3. The molecule has 0 atom stereocenters. The quantitative estimate of drug-likeness (QED) is 0.352. The highest BCUT2D eigenvalue weighted by Gasteiger charge is 2.22. The van der Waals surface area contributed by atoms with Crippen LogP contribution in [0.1, 0.15) is 18.9 Å². The first-order valence-electron chi connectivity index (χ1n) is 9.15. The second kappa shape index (κ2) is 10.2. The number of nitro groups is 1. The normalized spacial score (nSPS) is 11.0. The molecule has 2 aromatic rings. The second-order valence-electron chi connectivity index (χ2n) is 6.31. The van der Waals surface area contributed by atoms with Gasteiger partial charge in [-0.2, -0.15) is 0 Å². The lowest BCUT2D eigenvalue weighted by atomic mass is 10.2. The molecule has 3 N–H and O–H groups in total. The lowest BCUT2D eigenvalue weighted by molar-refractivity contribution is -0.384. The Bertz CT molecular complexity index is 1070. The van der Waals surface area contributed by atoms with Gasteiger partial charge in [-0.15, -0.1) is 0 Å². The Balaban J connectivity index is 2.45. The molecule has 0 saturated carbocycles. The molecule has 1 heterocycles. The van der Waals surface area contributed by atoms with Crippen molar-refractivity contribution in [3.63, 3.8) is 0 Å². The lowest BCUT2D eigenvalue weighted by Gasteiger charge is -2.23. The van der Waals surface area contributed by atoms with Gasteiger partial charge < -0.3 is 10.5 Å². The first kappa shape index (κ1) is 22.6. The van der Waals surface area contributed by atoms with Crippen molar-refractivity contribution in [3.05, 3.63) is 66.9 Å². The number of aromatic nitrogens is 2. The van der Waals surface area contributed by atoms with E-state index in [0.29, 0.717) is 12.0 Å². The topological polar surface area (TPSA) is 154 Å². The van der Waals surface area contributed by atoms with E-state index in [1.54, 1.807) is 6.07 Å². The number of methoxy groups -OCH3 is 1. The van der Waals surface area contributed by atoms with Gasteiger partial charge in [0.25, 0.3) is 17.2 Å². The third kappa shape index (κ3) is 5.20. The number of rotatable bonds is 9. The minimum absolute atomic E-state index is 0.00617. The fraction of sp³-hybridized carbons (Fsp3) is 0.316. The van der Waals surface area contributed by atoms with Crippen LogP contribution in [0.5, 0.6) is 0 Å². The summed E-state index contributed by atoms with van der Waals surface area (Å²) in [5.74, 6) is -0.726. The number of non-ortho nitro benzene ring substituents is 1. The fourth-order valence-electron chi connectivity index (χ4n) is 2.80. The van der Waals surface area contributed by atoms with Crippen molar-refractivity contribution in [1.82, 2.24) is 9.55 Å². The molecule has 1 amide bonds. The number of nitrogen functional groups attached to an aromatic ring is 1. The van der Waals surface area contributed by atoms with Gasteiger partial charge in [0.1, 0.15) is 5.82 Å². The number of benzene rings is 1. The number of H-pyrrole nitrogens is 1. The van der Waals surface area contributed by atoms with Crippen LogP contribution in [0.25, 0.3) is 6.08 Å². The van der Waals surface area contributed by atoms with Crippen LogP contribution in [-0.2, 0) is 16.1 Å². The van der Waals surface area contributed by atoms with Crippen molar-refractivity contribution < 1.29 is 14.5 Å². The van der Waals surface area contributed by atoms with Crippen LogP contribution in [0.15, 0.2) is 39.9 Å². The summed E-state index contributed by atoms with van der Waals surface area (Å²) < 4.78 is 6.20. The van der Waals surface area contributed by atoms with E-state index >= 15 is 0 Å². The Hall–Kier alpha value is -3.73. The monoisotopic (exact) mass is 417 g/mol. The number of aromatic amines is 1. The van der Waals surface area contributed by atoms with Crippen molar-refractivity contribution >= 4 is 29.2 Å². The number of nitro benzene ring substituents is 1. The highest BCUT2D eigenvalue weighted by atomic mass is 16.6. The van der Waals surface area contributed by atoms with Crippen molar-refractivity contribution in [3.8, 4) is 0 Å². The van der Waals surface area contributed by atoms with Crippen LogP contribution in [0.2, 0.25) is 0 Å². The van der Waals surface area contributed by atoms with Gasteiger partial charge in [-0.25, -0.2) is 4.79 Å². The van der Waals surface area contributed by atoms with Crippen LogP contribution < -0.4 is 21.9 Å². The molecule has 0 unspecified atom stereocenters. The van der Waals surface area contributed by atoms with Crippen LogP contribution in [-0.4, -0.2) is 40.6 Å². The van der Waals surface area contributed by atoms with E-state index < -0.39 is 22.1 Å². The molecule has 2 rings (SSSR count). The Morgan fingerprint density at radius 1 is 1.40 bits per heavy atom. The summed E-state index contributed by atoms with van der Waals surface area (Å²) in [6, 6.07) is 5.74. The first-order valence-corrected chi connectivity index (χ1v) is 9.15. The van der Waals surface area contributed by atoms with Crippen LogP contribution in [0.3, 0.4) is 0 Å². The highest BCUT2D eigenvalue weighted by molar-refractivity contribution is 6.05. The largest absolute Gasteiger partial charge is 0.383 e. The zero-order valence-electron chi connectivity index (χ0n) is 16.7. The molecule has 30 heavy (non-hydrogen) atoms. The SMILES string of the molecule is CCCn1c(N)c(N(CCOC)C(=O)C=Cc2cccc([N+](=O)[O-])c2)c(=O)[nH]c1=O. The van der Waals surface area contributed by atoms with E-state index in [1.165, 1.54) is 42.0 Å². The Morgan fingerprint density at radius 3 is 2.77 bits per heavy atom. The van der Waals surface area contributed by atoms with E-state index in [-0.39, 0.29) is 36.9 Å². The number of nitrogens with two attached hydrogens (primary N) is 1. The Morgan fingerprint density at radius 2 is 2.13 bits per heavy atom. The summed E-state index contributed by atoms with van der Waals surface area (Å²) in [6.07, 6.45) is 3.15. The van der Waals surface area contributed by atoms with Crippen molar-refractivity contribution in [2.75, 3.05) is 30.9 Å². The van der Waals surface area contributed by atoms with Gasteiger partial charge in [-0.05, 0) is 18.1 Å². The van der Waals surface area contributed by atoms with E-state index in [1.807, 2.05) is 6.92 Å². The molecule has 0 saturated heterocycles. The maximum absolute atomic E-state index is 12.9. The number of hydrogen-bond acceptors (Lipinski definition) is 7. The van der Waals surface area contributed by atoms with E-state index in [0.717, 1.165) is 4.90 Å². The predicted octanol–water partition coefficient (Wildman–Crippen LogP) is 1.13. The van der Waals surface area contributed by atoms with Crippen molar-refractivity contribution in [2.45, 2.75) is 19.9 Å². The molecule has 0 aliphatic heterocycles. The average Bonchev–Trinajstić information content (AvgIpc) is 2.71. The molecule has 11 nitrogen and oxygen atoms in total. The lowest BCUT2D eigenvalue weighted by Crippen LogP contribution is -2.42. The number of carbonyl (C=O) groups is 1. The van der Waals surface area contributed by atoms with Gasteiger partial charge >= 0.3 is 5.69 Å². The Labute approximate surface area is 171 Å². The molecule has 1 aromatic heterocycles. The summed E-state index contributed by atoms with van der Waals surface area (Å²) in [5.41, 5.74) is 4.76. The van der Waals surface area contributed by atoms with E-state index in [4.69, 9.17) is 10.5 Å². The molecular weight excluding hydrogens is 394 g/mol. The number of amides is 1. The van der Waals surface area contributed by atoms with Crippen molar-refractivity contribution in [2.24, 2.45) is 0 Å². The molecular formula is C19H23N5O6. The van der Waals surface area contributed by atoms with Gasteiger partial charge in [0.15, 0.2) is 5.69 Å². The number of anilines is 2. The second-order valence-corrected chi connectivity index (χ2v) is 6.31. The van der Waals surface area contributed by atoms with Gasteiger partial charge in [-0.1, -0.05) is 19.1 Å². The summed E-state index contributed by atoms with van der Waals surface area (Å²) >= 11 is 0. The smallest absolute Gasteiger partial charge is 0.330 e. The minimum atomic E-state index is -0.793. The summed E-state index contributed by atoms with van der Waals surface area (Å²) in [7, 11) is 1.44. The summed E-state index contributed by atoms with van der Waals surface area (Å²) in [5, 5.41) is 10.9. The molecule has 0 fully saturated rings. The highest BCUT2D eigenvalue weighted by Crippen LogP contribution is 2.18. The van der Waals surface area contributed by atoms with Crippen molar-refractivity contribution in [1.29, 1.82) is 0 Å². The number of hydrogen-bond donors (Lipinski definition) is 2. The molecule has 0 spiro atoms. The summed E-state index contributed by atoms with van der Waals surface area (Å²) in [6.45, 7) is 2.23. The van der Waals surface area contributed by atoms with Crippen LogP contribution >= 0.6 is 0 Å². The third-order valence-electron chi connectivity index (χ3n) is 4.22. The third-order valence-corrected chi connectivity index (χ3v) is 4.22. The maximum atomic E-state index is 12.9. The van der Waals surface area contributed by atoms with Gasteiger partial charge in [0.2, 0.25) is 0 Å². The zero-order valence-corrected chi connectivity index (χ0v) is 16.7. The number of ether oxygens (including phenoxy) is 1. The number of nitrogens with one attached hydrogen (secondary N) is 1. The first-order chi connectivity index (χ1) is 14.3. The fourth-order valence-corrected chi connectivity index (χ4v) is 2.80. The molecule has 160 valence electrons. The standard InChI is InChI=1S/C19H23N5O6/c1-3-9-23-17(20)16(18(26)21-19(23)27)22(10-11-30-2)15(25)8-7-13-5-4-6-14(12-13)24(28)29/h4-8,12H,3,9-11,20H2,1-2H3,(H,21,26,27). The molecule has 11 heteroatoms. The zero-order chi connectivity index (χ0) is 22.3. The van der Waals surface area contributed by atoms with E-state index in [9.17, 15) is 24.5 Å². The molecule has 1 aromatic carbocycles. The number of carbonyl (C=O) groups excluding carboxylic acids is 1. The predicted molar refractivity (Wildman–Crippen MR) is 112 cm³/mol. The molecule has 0 aliphatic carbocycles. The van der Waals surface area contributed by atoms with Gasteiger partial charge in [0, 0.05) is 38.4 Å². The summed E-state index contributed by atoms with van der Waals surface area (Å²) in [4.78, 5) is 51.0. The molecule has 0 radical (unpaired) electrons. The molecule has 0 aliphatic rings. The van der Waals surface area contributed by atoms with E-state index in [2.05, 4.69) is 4.98 Å². The van der Waals surface area contributed by atoms with Crippen LogP contribution in [0.4, 0.5) is 17.2 Å². The maximum Gasteiger partial charge on any atom is 0.330 e.